The number of anilines is 2. The van der Waals surface area contributed by atoms with Crippen molar-refractivity contribution in [2.24, 2.45) is 5.92 Å². The second kappa shape index (κ2) is 10.4. The molecule has 1 saturated carbocycles. The Hall–Kier alpha value is -3.35. The Bertz CT molecular complexity index is 945. The lowest BCUT2D eigenvalue weighted by Gasteiger charge is -2.26. The molecule has 0 saturated heterocycles. The molecule has 1 aromatic carbocycles. The monoisotopic (exact) mass is 408 g/mol. The van der Waals surface area contributed by atoms with E-state index in [2.05, 4.69) is 15.3 Å². The van der Waals surface area contributed by atoms with Crippen LogP contribution in [0.3, 0.4) is 0 Å². The number of rotatable bonds is 8. The van der Waals surface area contributed by atoms with Crippen LogP contribution in [0.1, 0.15) is 25.7 Å². The largest absolute Gasteiger partial charge is 0.351 e. The summed E-state index contributed by atoms with van der Waals surface area (Å²) in [6.07, 6.45) is 13.0. The number of hydrogen-bond donors (Lipinski definition) is 1. The lowest BCUT2D eigenvalue weighted by molar-refractivity contribution is -0.112. The number of aromatic nitrogens is 2. The number of carbonyl (C=O) groups is 2. The summed E-state index contributed by atoms with van der Waals surface area (Å²) in [5, 5.41) is 3.25. The average molecular weight is 408 g/mol. The van der Waals surface area contributed by atoms with Gasteiger partial charge in [-0.25, -0.2) is 14.4 Å². The van der Waals surface area contributed by atoms with Crippen molar-refractivity contribution in [2.45, 2.75) is 31.7 Å². The fraction of sp³-hybridized carbons (Fsp3) is 0.304. The number of carbonyl (C=O) groups excluding carboxylic acids is 2. The first-order valence-electron chi connectivity index (χ1n) is 9.97. The summed E-state index contributed by atoms with van der Waals surface area (Å²) in [5.74, 6) is -0.0855. The van der Waals surface area contributed by atoms with Crippen LogP contribution in [-0.4, -0.2) is 35.6 Å². The Morgan fingerprint density at radius 2 is 2.07 bits per heavy atom. The molecular weight excluding hydrogens is 383 g/mol. The number of benzene rings is 1. The SMILES string of the molecule is CN(/C=C\C=C/C=O)c1cccc(-c2nc(NC3CCCC(C=O)C3)ncc2F)c1. The first kappa shape index (κ1) is 21.4. The van der Waals surface area contributed by atoms with Crippen LogP contribution in [0.2, 0.25) is 0 Å². The zero-order valence-electron chi connectivity index (χ0n) is 16.9. The second-order valence-corrected chi connectivity index (χ2v) is 7.32. The lowest BCUT2D eigenvalue weighted by atomic mass is 9.87. The van der Waals surface area contributed by atoms with E-state index >= 15 is 0 Å². The predicted molar refractivity (Wildman–Crippen MR) is 116 cm³/mol. The lowest BCUT2D eigenvalue weighted by Crippen LogP contribution is -2.28. The van der Waals surface area contributed by atoms with Crippen LogP contribution in [0.4, 0.5) is 16.0 Å². The van der Waals surface area contributed by atoms with Gasteiger partial charge in [-0.05, 0) is 43.5 Å². The van der Waals surface area contributed by atoms with Crippen LogP contribution in [0.25, 0.3) is 11.3 Å². The molecule has 1 aliphatic carbocycles. The molecule has 2 unspecified atom stereocenters. The van der Waals surface area contributed by atoms with Crippen molar-refractivity contribution in [2.75, 3.05) is 17.3 Å². The summed E-state index contributed by atoms with van der Waals surface area (Å²) in [6, 6.07) is 7.48. The zero-order chi connectivity index (χ0) is 21.3. The van der Waals surface area contributed by atoms with Crippen molar-refractivity contribution >= 4 is 24.2 Å². The maximum atomic E-state index is 14.5. The Morgan fingerprint density at radius 3 is 2.87 bits per heavy atom. The first-order chi connectivity index (χ1) is 14.6. The Kier molecular flexibility index (Phi) is 7.43. The van der Waals surface area contributed by atoms with Gasteiger partial charge in [0, 0.05) is 36.5 Å². The van der Waals surface area contributed by atoms with E-state index in [1.807, 2.05) is 30.1 Å². The van der Waals surface area contributed by atoms with E-state index in [1.165, 1.54) is 12.3 Å². The average Bonchev–Trinajstić information content (AvgIpc) is 2.78. The maximum Gasteiger partial charge on any atom is 0.223 e. The van der Waals surface area contributed by atoms with Crippen molar-refractivity contribution in [3.63, 3.8) is 0 Å². The number of nitrogens with zero attached hydrogens (tertiary/aromatic N) is 3. The third kappa shape index (κ3) is 5.59. The Morgan fingerprint density at radius 1 is 1.20 bits per heavy atom. The van der Waals surface area contributed by atoms with Crippen LogP contribution in [-0.2, 0) is 9.59 Å². The third-order valence-corrected chi connectivity index (χ3v) is 5.12. The minimum Gasteiger partial charge on any atom is -0.351 e. The number of nitrogens with one attached hydrogen (secondary N) is 1. The Labute approximate surface area is 175 Å². The van der Waals surface area contributed by atoms with Crippen molar-refractivity contribution in [1.82, 2.24) is 9.97 Å². The topological polar surface area (TPSA) is 75.2 Å². The van der Waals surface area contributed by atoms with Gasteiger partial charge in [0.2, 0.25) is 5.95 Å². The summed E-state index contributed by atoms with van der Waals surface area (Å²) < 4.78 is 14.5. The van der Waals surface area contributed by atoms with Gasteiger partial charge in [0.15, 0.2) is 5.82 Å². The van der Waals surface area contributed by atoms with Crippen molar-refractivity contribution in [3.05, 3.63) is 60.7 Å². The smallest absolute Gasteiger partial charge is 0.223 e. The van der Waals surface area contributed by atoms with Crippen LogP contribution in [0.5, 0.6) is 0 Å². The normalized spacial score (nSPS) is 19.1. The van der Waals surface area contributed by atoms with Gasteiger partial charge < -0.3 is 15.0 Å². The number of allylic oxidation sites excluding steroid dienone is 3. The highest BCUT2D eigenvalue weighted by atomic mass is 19.1. The van der Waals surface area contributed by atoms with Gasteiger partial charge in [-0.15, -0.1) is 0 Å². The van der Waals surface area contributed by atoms with Gasteiger partial charge in [-0.1, -0.05) is 24.6 Å². The third-order valence-electron chi connectivity index (χ3n) is 5.12. The minimum absolute atomic E-state index is 0.0535. The van der Waals surface area contributed by atoms with E-state index in [0.717, 1.165) is 37.7 Å². The van der Waals surface area contributed by atoms with Crippen LogP contribution in [0.15, 0.2) is 54.9 Å². The van der Waals surface area contributed by atoms with Gasteiger partial charge in [0.25, 0.3) is 0 Å². The number of halogens is 1. The molecule has 2 aromatic rings. The fourth-order valence-corrected chi connectivity index (χ4v) is 3.55. The van der Waals surface area contributed by atoms with Crippen LogP contribution in [0, 0.1) is 11.7 Å². The van der Waals surface area contributed by atoms with Gasteiger partial charge in [0.05, 0.1) is 6.20 Å². The number of hydrogen-bond acceptors (Lipinski definition) is 6. The summed E-state index contributed by atoms with van der Waals surface area (Å²) in [4.78, 5) is 31.8. The zero-order valence-corrected chi connectivity index (χ0v) is 16.9. The first-order valence-corrected chi connectivity index (χ1v) is 9.97. The van der Waals surface area contributed by atoms with Gasteiger partial charge in [0.1, 0.15) is 18.3 Å². The highest BCUT2D eigenvalue weighted by molar-refractivity contribution is 5.68. The molecule has 1 heterocycles. The van der Waals surface area contributed by atoms with Crippen LogP contribution < -0.4 is 10.2 Å². The van der Waals surface area contributed by atoms with Crippen LogP contribution >= 0.6 is 0 Å². The molecule has 1 N–H and O–H groups in total. The van der Waals surface area contributed by atoms with E-state index in [9.17, 15) is 14.0 Å². The van der Waals surface area contributed by atoms with E-state index < -0.39 is 5.82 Å². The Balaban J connectivity index is 1.79. The second-order valence-electron chi connectivity index (χ2n) is 7.32. The quantitative estimate of drug-likeness (QED) is 0.402. The molecule has 0 spiro atoms. The van der Waals surface area contributed by atoms with E-state index in [4.69, 9.17) is 0 Å². The summed E-state index contributed by atoms with van der Waals surface area (Å²) in [7, 11) is 1.86. The van der Waals surface area contributed by atoms with Gasteiger partial charge in [-0.2, -0.15) is 0 Å². The molecule has 1 aliphatic rings. The molecule has 0 amide bonds. The van der Waals surface area contributed by atoms with E-state index in [1.54, 1.807) is 24.4 Å². The molecule has 0 bridgehead atoms. The summed E-state index contributed by atoms with van der Waals surface area (Å²) in [5.41, 5.74) is 1.70. The molecule has 30 heavy (non-hydrogen) atoms. The van der Waals surface area contributed by atoms with Crippen molar-refractivity contribution < 1.29 is 14.0 Å². The molecule has 7 heteroatoms. The molecule has 1 aromatic heterocycles. The number of aldehydes is 2. The minimum atomic E-state index is -0.501. The molecule has 0 aliphatic heterocycles. The van der Waals surface area contributed by atoms with Crippen molar-refractivity contribution in [1.29, 1.82) is 0 Å². The highest BCUT2D eigenvalue weighted by Crippen LogP contribution is 2.28. The molecular formula is C23H25FN4O2. The summed E-state index contributed by atoms with van der Waals surface area (Å²) in [6.45, 7) is 0. The molecule has 0 radical (unpaired) electrons. The maximum absolute atomic E-state index is 14.5. The molecule has 6 nitrogen and oxygen atoms in total. The van der Waals surface area contributed by atoms with Crippen molar-refractivity contribution in [3.8, 4) is 11.3 Å². The summed E-state index contributed by atoms with van der Waals surface area (Å²) >= 11 is 0. The highest BCUT2D eigenvalue weighted by Gasteiger charge is 2.22. The molecule has 1 fully saturated rings. The molecule has 156 valence electrons. The molecule has 3 rings (SSSR count). The van der Waals surface area contributed by atoms with E-state index in [-0.39, 0.29) is 17.7 Å². The fourth-order valence-electron chi connectivity index (χ4n) is 3.55. The molecule has 2 atom stereocenters. The van der Waals surface area contributed by atoms with Gasteiger partial charge in [-0.3, -0.25) is 4.79 Å². The van der Waals surface area contributed by atoms with Gasteiger partial charge >= 0.3 is 0 Å². The predicted octanol–water partition coefficient (Wildman–Crippen LogP) is 4.16. The van der Waals surface area contributed by atoms with E-state index in [0.29, 0.717) is 17.8 Å². The standard InChI is InChI=1S/C23H25FN4O2/c1-28(11-3-2-4-12-29)20-10-6-8-18(14-20)22-21(24)15-25-23(27-22)26-19-9-5-7-17(13-19)16-30/h2-4,6,8,10-12,14-17,19H,5,7,9,13H2,1H3,(H,25,26,27)/b4-2-,11-3-.